The van der Waals surface area contributed by atoms with Gasteiger partial charge in [0.2, 0.25) is 10.0 Å². The maximum Gasteiger partial charge on any atom is 0.307 e. The minimum Gasteiger partial charge on any atom is -0.456 e. The van der Waals surface area contributed by atoms with Gasteiger partial charge in [0.05, 0.1) is 27.0 Å². The third kappa shape index (κ3) is 6.65. The molecule has 28 heavy (non-hydrogen) atoms. The zero-order chi connectivity index (χ0) is 20.7. The Labute approximate surface area is 177 Å². The minimum atomic E-state index is -3.72. The number of benzene rings is 2. The van der Waals surface area contributed by atoms with Crippen molar-refractivity contribution in [2.24, 2.45) is 0 Å². The molecular weight excluding hydrogens is 451 g/mol. The number of carbonyl (C=O) groups is 2. The van der Waals surface area contributed by atoms with Gasteiger partial charge in [0.1, 0.15) is 0 Å². The standard InChI is InChI=1S/C17H15Cl3N2O5S/c18-11-8-13(19)17(14(20)9-11)22-15(23)10-27-16(24)6-7-21-28(25,26)12-4-2-1-3-5-12/h1-5,8-9,21H,6-7,10H2,(H,22,23). The topological polar surface area (TPSA) is 102 Å². The lowest BCUT2D eigenvalue weighted by Crippen LogP contribution is -2.28. The molecule has 0 saturated heterocycles. The van der Waals surface area contributed by atoms with E-state index in [9.17, 15) is 18.0 Å². The molecule has 0 spiro atoms. The Morgan fingerprint density at radius 1 is 1.00 bits per heavy atom. The molecule has 0 saturated carbocycles. The van der Waals surface area contributed by atoms with Gasteiger partial charge in [-0.1, -0.05) is 53.0 Å². The Balaban J connectivity index is 1.77. The third-order valence-corrected chi connectivity index (χ3v) is 5.60. The summed E-state index contributed by atoms with van der Waals surface area (Å²) >= 11 is 17.7. The minimum absolute atomic E-state index is 0.0828. The van der Waals surface area contributed by atoms with Crippen LogP contribution in [0.15, 0.2) is 47.4 Å². The lowest BCUT2D eigenvalue weighted by atomic mass is 10.3. The summed E-state index contributed by atoms with van der Waals surface area (Å²) in [5, 5.41) is 2.98. The van der Waals surface area contributed by atoms with Gasteiger partial charge >= 0.3 is 5.97 Å². The van der Waals surface area contributed by atoms with E-state index in [0.717, 1.165) is 0 Å². The maximum absolute atomic E-state index is 12.0. The van der Waals surface area contributed by atoms with Crippen molar-refractivity contribution < 1.29 is 22.7 Å². The number of rotatable bonds is 8. The van der Waals surface area contributed by atoms with E-state index in [2.05, 4.69) is 10.0 Å². The highest BCUT2D eigenvalue weighted by Gasteiger charge is 2.15. The molecule has 2 rings (SSSR count). The zero-order valence-corrected chi connectivity index (χ0v) is 17.3. The highest BCUT2D eigenvalue weighted by Crippen LogP contribution is 2.33. The number of hydrogen-bond donors (Lipinski definition) is 2. The van der Waals surface area contributed by atoms with Gasteiger partial charge in [0.15, 0.2) is 6.61 Å². The summed E-state index contributed by atoms with van der Waals surface area (Å²) in [5.41, 5.74) is 0.143. The number of anilines is 1. The molecule has 0 radical (unpaired) electrons. The fraction of sp³-hybridized carbons (Fsp3) is 0.176. The van der Waals surface area contributed by atoms with E-state index in [-0.39, 0.29) is 33.6 Å². The average Bonchev–Trinajstić information content (AvgIpc) is 2.63. The molecule has 2 N–H and O–H groups in total. The van der Waals surface area contributed by atoms with Crippen LogP contribution in [0.5, 0.6) is 0 Å². The summed E-state index contributed by atoms with van der Waals surface area (Å²) < 4.78 is 31.1. The van der Waals surface area contributed by atoms with E-state index in [1.54, 1.807) is 18.2 Å². The summed E-state index contributed by atoms with van der Waals surface area (Å²) in [5.74, 6) is -1.41. The highest BCUT2D eigenvalue weighted by atomic mass is 35.5. The van der Waals surface area contributed by atoms with Crippen molar-refractivity contribution in [3.63, 3.8) is 0 Å². The fourth-order valence-corrected chi connectivity index (χ4v) is 3.99. The summed E-state index contributed by atoms with van der Waals surface area (Å²) in [6, 6.07) is 10.5. The van der Waals surface area contributed by atoms with Crippen molar-refractivity contribution in [3.8, 4) is 0 Å². The van der Waals surface area contributed by atoms with E-state index >= 15 is 0 Å². The van der Waals surface area contributed by atoms with Gasteiger partial charge in [0.25, 0.3) is 5.91 Å². The van der Waals surface area contributed by atoms with Gasteiger partial charge in [-0.15, -0.1) is 0 Å². The Morgan fingerprint density at radius 3 is 2.21 bits per heavy atom. The first-order valence-electron chi connectivity index (χ1n) is 7.84. The van der Waals surface area contributed by atoms with Crippen LogP contribution in [0.4, 0.5) is 5.69 Å². The second-order valence-corrected chi connectivity index (χ2v) is 8.43. The van der Waals surface area contributed by atoms with Crippen LogP contribution >= 0.6 is 34.8 Å². The van der Waals surface area contributed by atoms with Gasteiger partial charge in [0, 0.05) is 11.6 Å². The molecule has 0 bridgehead atoms. The van der Waals surface area contributed by atoms with Gasteiger partial charge in [-0.3, -0.25) is 9.59 Å². The lowest BCUT2D eigenvalue weighted by molar-refractivity contribution is -0.147. The molecule has 0 aromatic heterocycles. The van der Waals surface area contributed by atoms with Crippen molar-refractivity contribution in [3.05, 3.63) is 57.5 Å². The molecule has 0 fully saturated rings. The van der Waals surface area contributed by atoms with Crippen LogP contribution in [0, 0.1) is 0 Å². The smallest absolute Gasteiger partial charge is 0.307 e. The van der Waals surface area contributed by atoms with Crippen molar-refractivity contribution >= 4 is 62.4 Å². The van der Waals surface area contributed by atoms with E-state index < -0.39 is 28.5 Å². The quantitative estimate of drug-likeness (QED) is 0.581. The van der Waals surface area contributed by atoms with Crippen molar-refractivity contribution in [1.29, 1.82) is 0 Å². The molecule has 7 nitrogen and oxygen atoms in total. The van der Waals surface area contributed by atoms with Gasteiger partial charge in [-0.05, 0) is 24.3 Å². The molecule has 1 amide bonds. The van der Waals surface area contributed by atoms with E-state index in [4.69, 9.17) is 39.5 Å². The monoisotopic (exact) mass is 464 g/mol. The lowest BCUT2D eigenvalue weighted by Gasteiger charge is -2.10. The van der Waals surface area contributed by atoms with Crippen LogP contribution < -0.4 is 10.0 Å². The van der Waals surface area contributed by atoms with Crippen LogP contribution in [-0.2, 0) is 24.3 Å². The second kappa shape index (κ2) is 10.1. The third-order valence-electron chi connectivity index (χ3n) is 3.31. The molecule has 11 heteroatoms. The first-order valence-corrected chi connectivity index (χ1v) is 10.5. The molecule has 0 aliphatic heterocycles. The Kier molecular flexibility index (Phi) is 8.09. The first kappa shape index (κ1) is 22.4. The Morgan fingerprint density at radius 2 is 1.61 bits per heavy atom. The molecule has 0 atom stereocenters. The van der Waals surface area contributed by atoms with Crippen molar-refractivity contribution in [2.45, 2.75) is 11.3 Å². The first-order chi connectivity index (χ1) is 13.2. The molecule has 0 heterocycles. The normalized spacial score (nSPS) is 11.1. The van der Waals surface area contributed by atoms with Gasteiger partial charge in [-0.2, -0.15) is 0 Å². The molecular formula is C17H15Cl3N2O5S. The number of amides is 1. The van der Waals surface area contributed by atoms with Crippen LogP contribution in [0.25, 0.3) is 0 Å². The van der Waals surface area contributed by atoms with Crippen LogP contribution in [0.1, 0.15) is 6.42 Å². The average molecular weight is 466 g/mol. The van der Waals surface area contributed by atoms with Crippen LogP contribution in [0.2, 0.25) is 15.1 Å². The van der Waals surface area contributed by atoms with Crippen molar-refractivity contribution in [1.82, 2.24) is 4.72 Å². The molecule has 0 unspecified atom stereocenters. The number of esters is 1. The Hall–Kier alpha value is -1.84. The SMILES string of the molecule is O=C(COC(=O)CCNS(=O)(=O)c1ccccc1)Nc1c(Cl)cc(Cl)cc1Cl. The van der Waals surface area contributed by atoms with Gasteiger partial charge < -0.3 is 10.1 Å². The molecule has 2 aromatic rings. The summed E-state index contributed by atoms with van der Waals surface area (Å²) in [6.07, 6.45) is -0.248. The maximum atomic E-state index is 12.0. The Bertz CT molecular complexity index is 945. The largest absolute Gasteiger partial charge is 0.456 e. The number of ether oxygens (including phenoxy) is 1. The van der Waals surface area contributed by atoms with Crippen LogP contribution in [-0.4, -0.2) is 33.4 Å². The summed E-state index contributed by atoms with van der Waals surface area (Å²) in [6.45, 7) is -0.758. The fourth-order valence-electron chi connectivity index (χ4n) is 2.03. The van der Waals surface area contributed by atoms with E-state index in [1.807, 2.05) is 0 Å². The molecule has 0 aliphatic carbocycles. The molecule has 2 aromatic carbocycles. The molecule has 150 valence electrons. The van der Waals surface area contributed by atoms with E-state index in [0.29, 0.717) is 5.02 Å². The second-order valence-electron chi connectivity index (χ2n) is 5.41. The molecule has 0 aliphatic rings. The summed E-state index contributed by atoms with van der Waals surface area (Å²) in [7, 11) is -3.72. The zero-order valence-electron chi connectivity index (χ0n) is 14.2. The van der Waals surface area contributed by atoms with Crippen LogP contribution in [0.3, 0.4) is 0 Å². The number of hydrogen-bond acceptors (Lipinski definition) is 5. The van der Waals surface area contributed by atoms with Crippen molar-refractivity contribution in [2.75, 3.05) is 18.5 Å². The van der Waals surface area contributed by atoms with Gasteiger partial charge in [-0.25, -0.2) is 13.1 Å². The highest BCUT2D eigenvalue weighted by molar-refractivity contribution is 7.89. The number of halogens is 3. The summed E-state index contributed by atoms with van der Waals surface area (Å²) in [4.78, 5) is 23.7. The number of carbonyl (C=O) groups excluding carboxylic acids is 2. The number of nitrogens with one attached hydrogen (secondary N) is 2. The van der Waals surface area contributed by atoms with E-state index in [1.165, 1.54) is 24.3 Å². The predicted octanol–water partition coefficient (Wildman–Crippen LogP) is 3.50. The number of sulfonamides is 1. The predicted molar refractivity (Wildman–Crippen MR) is 107 cm³/mol.